The van der Waals surface area contributed by atoms with E-state index in [4.69, 9.17) is 4.98 Å². The first-order valence-corrected chi connectivity index (χ1v) is 8.31. The van der Waals surface area contributed by atoms with Gasteiger partial charge in [0.15, 0.2) is 0 Å². The van der Waals surface area contributed by atoms with Gasteiger partial charge in [-0.25, -0.2) is 4.98 Å². The molecule has 0 aliphatic heterocycles. The van der Waals surface area contributed by atoms with Gasteiger partial charge in [-0.2, -0.15) is 0 Å². The number of thiazole rings is 1. The highest BCUT2D eigenvalue weighted by Crippen LogP contribution is 2.44. The van der Waals surface area contributed by atoms with Crippen molar-refractivity contribution in [3.05, 3.63) is 15.6 Å². The second-order valence-electron chi connectivity index (χ2n) is 5.32. The maximum Gasteiger partial charge on any atom is 0.0962 e. The van der Waals surface area contributed by atoms with Gasteiger partial charge in [0.25, 0.3) is 0 Å². The van der Waals surface area contributed by atoms with Crippen LogP contribution in [0.15, 0.2) is 0 Å². The standard InChI is InChI=1S/C15H26N2S/c1-4-9-16-10-13-14(12-7-8-12)17-15(18-13)11(5-2)6-3/h11-12,16H,4-10H2,1-3H3. The van der Waals surface area contributed by atoms with E-state index < -0.39 is 0 Å². The highest BCUT2D eigenvalue weighted by atomic mass is 32.1. The molecule has 1 fully saturated rings. The molecule has 2 nitrogen and oxygen atoms in total. The second-order valence-corrected chi connectivity index (χ2v) is 6.44. The number of rotatable bonds is 8. The van der Waals surface area contributed by atoms with E-state index in [1.165, 1.54) is 47.7 Å². The van der Waals surface area contributed by atoms with Crippen LogP contribution in [0.2, 0.25) is 0 Å². The molecule has 0 amide bonds. The summed E-state index contributed by atoms with van der Waals surface area (Å²) in [5, 5.41) is 4.92. The topological polar surface area (TPSA) is 24.9 Å². The Morgan fingerprint density at radius 1 is 1.28 bits per heavy atom. The zero-order valence-electron chi connectivity index (χ0n) is 12.0. The summed E-state index contributed by atoms with van der Waals surface area (Å²) in [7, 11) is 0. The lowest BCUT2D eigenvalue weighted by atomic mass is 10.1. The summed E-state index contributed by atoms with van der Waals surface area (Å²) in [6.07, 6.45) is 6.35. The average Bonchev–Trinajstić information content (AvgIpc) is 3.14. The van der Waals surface area contributed by atoms with Gasteiger partial charge in [-0.3, -0.25) is 0 Å². The van der Waals surface area contributed by atoms with Crippen LogP contribution in [-0.4, -0.2) is 11.5 Å². The molecular weight excluding hydrogens is 240 g/mol. The lowest BCUT2D eigenvalue weighted by Gasteiger charge is -2.07. The lowest BCUT2D eigenvalue weighted by molar-refractivity contribution is 0.634. The number of nitrogens with zero attached hydrogens (tertiary/aromatic N) is 1. The van der Waals surface area contributed by atoms with E-state index in [1.54, 1.807) is 0 Å². The van der Waals surface area contributed by atoms with Gasteiger partial charge in [-0.1, -0.05) is 20.8 Å². The van der Waals surface area contributed by atoms with Crippen LogP contribution < -0.4 is 5.32 Å². The molecule has 0 saturated heterocycles. The van der Waals surface area contributed by atoms with E-state index >= 15 is 0 Å². The van der Waals surface area contributed by atoms with Gasteiger partial charge in [0.05, 0.1) is 10.7 Å². The molecule has 1 N–H and O–H groups in total. The summed E-state index contributed by atoms with van der Waals surface area (Å²) in [6.45, 7) is 8.92. The minimum atomic E-state index is 0.674. The van der Waals surface area contributed by atoms with Gasteiger partial charge < -0.3 is 5.32 Å². The monoisotopic (exact) mass is 266 g/mol. The molecule has 2 rings (SSSR count). The molecule has 1 aromatic rings. The lowest BCUT2D eigenvalue weighted by Crippen LogP contribution is -2.13. The van der Waals surface area contributed by atoms with Crippen LogP contribution in [-0.2, 0) is 6.54 Å². The van der Waals surface area contributed by atoms with E-state index in [9.17, 15) is 0 Å². The molecule has 0 atom stereocenters. The molecule has 18 heavy (non-hydrogen) atoms. The fraction of sp³-hybridized carbons (Fsp3) is 0.800. The Balaban J connectivity index is 2.10. The average molecular weight is 266 g/mol. The Hall–Kier alpha value is -0.410. The first-order chi connectivity index (χ1) is 8.80. The highest BCUT2D eigenvalue weighted by Gasteiger charge is 2.30. The van der Waals surface area contributed by atoms with E-state index in [2.05, 4.69) is 26.1 Å². The van der Waals surface area contributed by atoms with Crippen molar-refractivity contribution >= 4 is 11.3 Å². The molecule has 1 saturated carbocycles. The molecule has 0 bridgehead atoms. The van der Waals surface area contributed by atoms with Crippen molar-refractivity contribution in [1.82, 2.24) is 10.3 Å². The summed E-state index contributed by atoms with van der Waals surface area (Å²) in [4.78, 5) is 6.48. The van der Waals surface area contributed by atoms with Crippen molar-refractivity contribution in [2.75, 3.05) is 6.54 Å². The molecule has 0 radical (unpaired) electrons. The number of hydrogen-bond donors (Lipinski definition) is 1. The summed E-state index contributed by atoms with van der Waals surface area (Å²) in [5.74, 6) is 1.45. The summed E-state index contributed by atoms with van der Waals surface area (Å²) < 4.78 is 0. The van der Waals surface area contributed by atoms with Gasteiger partial charge in [0.1, 0.15) is 0 Å². The van der Waals surface area contributed by atoms with E-state index in [-0.39, 0.29) is 0 Å². The van der Waals surface area contributed by atoms with Gasteiger partial charge in [-0.05, 0) is 38.6 Å². The minimum absolute atomic E-state index is 0.674. The van der Waals surface area contributed by atoms with Crippen LogP contribution in [0.5, 0.6) is 0 Å². The van der Waals surface area contributed by atoms with Crippen LogP contribution in [0.4, 0.5) is 0 Å². The van der Waals surface area contributed by atoms with Gasteiger partial charge in [0, 0.05) is 23.3 Å². The van der Waals surface area contributed by atoms with Crippen molar-refractivity contribution in [2.24, 2.45) is 0 Å². The predicted octanol–water partition coefficient (Wildman–Crippen LogP) is 4.42. The fourth-order valence-corrected chi connectivity index (χ4v) is 3.76. The number of nitrogens with one attached hydrogen (secondary N) is 1. The first-order valence-electron chi connectivity index (χ1n) is 7.50. The molecule has 3 heteroatoms. The Bertz CT molecular complexity index is 365. The van der Waals surface area contributed by atoms with Gasteiger partial charge in [0.2, 0.25) is 0 Å². The molecule has 0 aromatic carbocycles. The Morgan fingerprint density at radius 2 is 2.00 bits per heavy atom. The Morgan fingerprint density at radius 3 is 2.56 bits per heavy atom. The molecule has 1 aromatic heterocycles. The smallest absolute Gasteiger partial charge is 0.0962 e. The van der Waals surface area contributed by atoms with Crippen molar-refractivity contribution in [2.45, 2.75) is 71.3 Å². The maximum atomic E-state index is 4.97. The van der Waals surface area contributed by atoms with Crippen molar-refractivity contribution < 1.29 is 0 Å². The van der Waals surface area contributed by atoms with Crippen LogP contribution in [0.1, 0.15) is 80.3 Å². The molecular formula is C15H26N2S. The zero-order valence-corrected chi connectivity index (χ0v) is 12.8. The molecule has 0 unspecified atom stereocenters. The predicted molar refractivity (Wildman–Crippen MR) is 79.4 cm³/mol. The van der Waals surface area contributed by atoms with E-state index in [0.717, 1.165) is 19.0 Å². The first kappa shape index (κ1) is 14.0. The van der Waals surface area contributed by atoms with Crippen molar-refractivity contribution in [3.63, 3.8) is 0 Å². The van der Waals surface area contributed by atoms with Crippen LogP contribution in [0.3, 0.4) is 0 Å². The Labute approximate surface area is 115 Å². The van der Waals surface area contributed by atoms with E-state index in [0.29, 0.717) is 5.92 Å². The highest BCUT2D eigenvalue weighted by molar-refractivity contribution is 7.11. The van der Waals surface area contributed by atoms with Crippen molar-refractivity contribution in [3.8, 4) is 0 Å². The third kappa shape index (κ3) is 3.33. The molecule has 1 heterocycles. The minimum Gasteiger partial charge on any atom is -0.312 e. The SMILES string of the molecule is CCCNCc1sc(C(CC)CC)nc1C1CC1. The van der Waals surface area contributed by atoms with Crippen LogP contribution in [0, 0.1) is 0 Å². The quantitative estimate of drug-likeness (QED) is 0.704. The molecule has 102 valence electrons. The third-order valence-corrected chi connectivity index (χ3v) is 4.99. The fourth-order valence-electron chi connectivity index (χ4n) is 2.38. The van der Waals surface area contributed by atoms with Crippen LogP contribution >= 0.6 is 11.3 Å². The summed E-state index contributed by atoms with van der Waals surface area (Å²) in [6, 6.07) is 0. The molecule has 0 spiro atoms. The molecule has 1 aliphatic carbocycles. The number of hydrogen-bond acceptors (Lipinski definition) is 3. The zero-order chi connectivity index (χ0) is 13.0. The Kier molecular flexibility index (Phi) is 5.19. The second kappa shape index (κ2) is 6.67. The largest absolute Gasteiger partial charge is 0.312 e. The van der Waals surface area contributed by atoms with Crippen molar-refractivity contribution in [1.29, 1.82) is 0 Å². The maximum absolute atomic E-state index is 4.97. The summed E-state index contributed by atoms with van der Waals surface area (Å²) in [5.41, 5.74) is 1.42. The van der Waals surface area contributed by atoms with Gasteiger partial charge >= 0.3 is 0 Å². The van der Waals surface area contributed by atoms with E-state index in [1.807, 2.05) is 11.3 Å². The normalized spacial score (nSPS) is 15.6. The van der Waals surface area contributed by atoms with Crippen LogP contribution in [0.25, 0.3) is 0 Å². The molecule has 1 aliphatic rings. The summed E-state index contributed by atoms with van der Waals surface area (Å²) >= 11 is 1.96. The number of aromatic nitrogens is 1. The van der Waals surface area contributed by atoms with Gasteiger partial charge in [-0.15, -0.1) is 11.3 Å². The third-order valence-electron chi connectivity index (χ3n) is 3.76.